The Morgan fingerprint density at radius 1 is 1.19 bits per heavy atom. The lowest BCUT2D eigenvalue weighted by Gasteiger charge is -2.37. The molecule has 0 saturated carbocycles. The van der Waals surface area contributed by atoms with Gasteiger partial charge in [-0.1, -0.05) is 24.3 Å². The number of carbonyl (C=O) groups is 2. The van der Waals surface area contributed by atoms with E-state index in [1.165, 1.54) is 4.90 Å². The number of hydrogen-bond acceptors (Lipinski definition) is 3. The second kappa shape index (κ2) is 5.01. The van der Waals surface area contributed by atoms with Crippen LogP contribution in [-0.2, 0) is 4.79 Å². The number of nitrogens with zero attached hydrogens (tertiary/aromatic N) is 2. The van der Waals surface area contributed by atoms with Crippen molar-refractivity contribution >= 4 is 11.9 Å². The van der Waals surface area contributed by atoms with E-state index in [2.05, 4.69) is 4.98 Å². The van der Waals surface area contributed by atoms with Gasteiger partial charge in [0.05, 0.1) is 11.7 Å². The van der Waals surface area contributed by atoms with Crippen molar-refractivity contribution in [3.8, 4) is 0 Å². The average Bonchev–Trinajstić information content (AvgIpc) is 2.51. The standard InChI is InChI=1S/C16H14N2O3/c1-18-14(12-8-4-5-9-17-12)13(16(20)21)10-6-2-3-7-11(10)15(18)19/h2-9,13-14H,1H3,(H,20,21). The topological polar surface area (TPSA) is 70.5 Å². The summed E-state index contributed by atoms with van der Waals surface area (Å²) in [5, 5.41) is 9.66. The lowest BCUT2D eigenvalue weighted by atomic mass is 9.81. The number of benzene rings is 1. The number of carboxylic acid groups (broad SMARTS) is 1. The number of likely N-dealkylation sites (N-methyl/N-ethyl adjacent to an activating group) is 1. The van der Waals surface area contributed by atoms with Crippen molar-refractivity contribution in [2.75, 3.05) is 7.05 Å². The summed E-state index contributed by atoms with van der Waals surface area (Å²) in [5.74, 6) is -1.96. The Morgan fingerprint density at radius 3 is 2.57 bits per heavy atom. The van der Waals surface area contributed by atoms with Crippen molar-refractivity contribution < 1.29 is 14.7 Å². The minimum Gasteiger partial charge on any atom is -0.481 e. The molecule has 1 aliphatic rings. The van der Waals surface area contributed by atoms with E-state index in [9.17, 15) is 14.7 Å². The average molecular weight is 282 g/mol. The zero-order chi connectivity index (χ0) is 15.0. The molecule has 3 rings (SSSR count). The minimum absolute atomic E-state index is 0.182. The van der Waals surface area contributed by atoms with Crippen molar-refractivity contribution in [1.29, 1.82) is 0 Å². The zero-order valence-electron chi connectivity index (χ0n) is 11.4. The van der Waals surface area contributed by atoms with Gasteiger partial charge in [0.15, 0.2) is 0 Å². The van der Waals surface area contributed by atoms with Crippen LogP contribution in [0.5, 0.6) is 0 Å². The Labute approximate surface area is 121 Å². The summed E-state index contributed by atoms with van der Waals surface area (Å²) < 4.78 is 0. The summed E-state index contributed by atoms with van der Waals surface area (Å²) in [6.07, 6.45) is 1.60. The van der Waals surface area contributed by atoms with Gasteiger partial charge in [-0.15, -0.1) is 0 Å². The molecule has 1 aromatic carbocycles. The first-order valence-electron chi connectivity index (χ1n) is 6.61. The Bertz CT molecular complexity index is 700. The zero-order valence-corrected chi connectivity index (χ0v) is 11.4. The second-order valence-electron chi connectivity index (χ2n) is 5.02. The molecule has 0 fully saturated rings. The highest BCUT2D eigenvalue weighted by Gasteiger charge is 2.43. The lowest BCUT2D eigenvalue weighted by molar-refractivity contribution is -0.140. The van der Waals surface area contributed by atoms with E-state index in [0.717, 1.165) is 0 Å². The van der Waals surface area contributed by atoms with Crippen LogP contribution in [0.4, 0.5) is 0 Å². The van der Waals surface area contributed by atoms with E-state index in [1.807, 2.05) is 0 Å². The highest BCUT2D eigenvalue weighted by atomic mass is 16.4. The number of aromatic nitrogens is 1. The molecule has 1 aromatic heterocycles. The van der Waals surface area contributed by atoms with Crippen LogP contribution in [0.3, 0.4) is 0 Å². The summed E-state index contributed by atoms with van der Waals surface area (Å²) in [7, 11) is 1.62. The second-order valence-corrected chi connectivity index (χ2v) is 5.02. The molecule has 1 aliphatic heterocycles. The Hall–Kier alpha value is -2.69. The first-order chi connectivity index (χ1) is 10.1. The van der Waals surface area contributed by atoms with Crippen LogP contribution in [0.25, 0.3) is 0 Å². The van der Waals surface area contributed by atoms with Gasteiger partial charge in [-0.25, -0.2) is 0 Å². The van der Waals surface area contributed by atoms with Crippen molar-refractivity contribution in [3.63, 3.8) is 0 Å². The van der Waals surface area contributed by atoms with Crippen molar-refractivity contribution in [3.05, 3.63) is 65.5 Å². The molecule has 2 heterocycles. The molecule has 0 radical (unpaired) electrons. The summed E-state index contributed by atoms with van der Waals surface area (Å²) in [6, 6.07) is 11.6. The van der Waals surface area contributed by atoms with E-state index in [4.69, 9.17) is 0 Å². The quantitative estimate of drug-likeness (QED) is 0.915. The van der Waals surface area contributed by atoms with Crippen molar-refractivity contribution in [1.82, 2.24) is 9.88 Å². The lowest BCUT2D eigenvalue weighted by Crippen LogP contribution is -2.42. The van der Waals surface area contributed by atoms with Gasteiger partial charge in [-0.3, -0.25) is 14.6 Å². The summed E-state index contributed by atoms with van der Waals surface area (Å²) in [6.45, 7) is 0. The van der Waals surface area contributed by atoms with Crippen LogP contribution in [0.15, 0.2) is 48.7 Å². The SMILES string of the molecule is CN1C(=O)c2ccccc2C(C(=O)O)C1c1ccccn1. The molecule has 1 N–H and O–H groups in total. The van der Waals surface area contributed by atoms with Gasteiger partial charge in [0.2, 0.25) is 0 Å². The molecule has 0 aliphatic carbocycles. The van der Waals surface area contributed by atoms with Crippen molar-refractivity contribution in [2.24, 2.45) is 0 Å². The van der Waals surface area contributed by atoms with Gasteiger partial charge < -0.3 is 10.0 Å². The maximum Gasteiger partial charge on any atom is 0.313 e. The predicted molar refractivity (Wildman–Crippen MR) is 75.9 cm³/mol. The normalized spacial score (nSPS) is 21.0. The Balaban J connectivity index is 2.20. The molecule has 2 aromatic rings. The molecule has 5 heteroatoms. The molecule has 21 heavy (non-hydrogen) atoms. The van der Waals surface area contributed by atoms with Crippen molar-refractivity contribution in [2.45, 2.75) is 12.0 Å². The number of hydrogen-bond donors (Lipinski definition) is 1. The Kier molecular flexibility index (Phi) is 3.17. The highest BCUT2D eigenvalue weighted by molar-refractivity contribution is 6.00. The van der Waals surface area contributed by atoms with Gasteiger partial charge in [0, 0.05) is 18.8 Å². The first kappa shape index (κ1) is 13.3. The number of carboxylic acids is 1. The largest absolute Gasteiger partial charge is 0.481 e. The summed E-state index contributed by atoms with van der Waals surface area (Å²) in [5.41, 5.74) is 1.57. The van der Waals surface area contributed by atoms with Gasteiger partial charge in [-0.2, -0.15) is 0 Å². The Morgan fingerprint density at radius 2 is 1.90 bits per heavy atom. The molecule has 0 spiro atoms. The third kappa shape index (κ3) is 2.07. The minimum atomic E-state index is -0.961. The number of aliphatic carboxylic acids is 1. The number of amides is 1. The highest BCUT2D eigenvalue weighted by Crippen LogP contribution is 2.41. The smallest absolute Gasteiger partial charge is 0.313 e. The maximum absolute atomic E-state index is 12.5. The van der Waals surface area contributed by atoms with E-state index in [0.29, 0.717) is 16.8 Å². The third-order valence-corrected chi connectivity index (χ3v) is 3.84. The fourth-order valence-corrected chi connectivity index (χ4v) is 2.86. The molecule has 106 valence electrons. The summed E-state index contributed by atoms with van der Waals surface area (Å²) in [4.78, 5) is 30.0. The molecule has 1 amide bonds. The van der Waals surface area contributed by atoms with Gasteiger partial charge >= 0.3 is 5.97 Å². The maximum atomic E-state index is 12.5. The predicted octanol–water partition coefficient (Wildman–Crippen LogP) is 2.08. The van der Waals surface area contributed by atoms with Gasteiger partial charge in [0.1, 0.15) is 5.92 Å². The summed E-state index contributed by atoms with van der Waals surface area (Å²) >= 11 is 0. The molecule has 2 unspecified atom stereocenters. The monoisotopic (exact) mass is 282 g/mol. The van der Waals surface area contributed by atoms with Gasteiger partial charge in [0.25, 0.3) is 5.91 Å². The van der Waals surface area contributed by atoms with Crippen LogP contribution < -0.4 is 0 Å². The molecule has 0 bridgehead atoms. The van der Waals surface area contributed by atoms with E-state index < -0.39 is 17.9 Å². The van der Waals surface area contributed by atoms with Crippen LogP contribution in [0.2, 0.25) is 0 Å². The fraction of sp³-hybridized carbons (Fsp3) is 0.188. The molecular weight excluding hydrogens is 268 g/mol. The third-order valence-electron chi connectivity index (χ3n) is 3.84. The van der Waals surface area contributed by atoms with E-state index >= 15 is 0 Å². The fourth-order valence-electron chi connectivity index (χ4n) is 2.86. The molecule has 5 nitrogen and oxygen atoms in total. The van der Waals surface area contributed by atoms with Crippen LogP contribution in [0.1, 0.15) is 33.6 Å². The van der Waals surface area contributed by atoms with Crippen LogP contribution in [0, 0.1) is 0 Å². The van der Waals surface area contributed by atoms with Crippen LogP contribution >= 0.6 is 0 Å². The number of rotatable bonds is 2. The molecule has 2 atom stereocenters. The molecular formula is C16H14N2O3. The van der Waals surface area contributed by atoms with Crippen LogP contribution in [-0.4, -0.2) is 33.9 Å². The first-order valence-corrected chi connectivity index (χ1v) is 6.61. The number of carbonyl (C=O) groups excluding carboxylic acids is 1. The molecule has 0 saturated heterocycles. The van der Waals surface area contributed by atoms with E-state index in [1.54, 1.807) is 55.7 Å². The number of pyridine rings is 1. The number of fused-ring (bicyclic) bond motifs is 1. The van der Waals surface area contributed by atoms with Gasteiger partial charge in [-0.05, 0) is 23.8 Å². The van der Waals surface area contributed by atoms with E-state index in [-0.39, 0.29) is 5.91 Å².